The van der Waals surface area contributed by atoms with Crippen molar-refractivity contribution < 1.29 is 9.53 Å². The van der Waals surface area contributed by atoms with Crippen molar-refractivity contribution in [1.29, 1.82) is 0 Å². The third kappa shape index (κ3) is 3.61. The van der Waals surface area contributed by atoms with E-state index in [0.29, 0.717) is 13.2 Å². The summed E-state index contributed by atoms with van der Waals surface area (Å²) < 4.78 is 5.72. The number of piperidine rings is 1. The van der Waals surface area contributed by atoms with Gasteiger partial charge in [0, 0.05) is 25.8 Å². The van der Waals surface area contributed by atoms with Crippen LogP contribution in [0.25, 0.3) is 0 Å². The minimum atomic E-state index is -0.237. The Morgan fingerprint density at radius 1 is 1.14 bits per heavy atom. The molecule has 2 aliphatic rings. The third-order valence-corrected chi connectivity index (χ3v) is 6.06. The predicted molar refractivity (Wildman–Crippen MR) is 108 cm³/mol. The summed E-state index contributed by atoms with van der Waals surface area (Å²) in [6.07, 6.45) is 5.34. The van der Waals surface area contributed by atoms with E-state index < -0.39 is 0 Å². The van der Waals surface area contributed by atoms with Crippen molar-refractivity contribution in [3.8, 4) is 0 Å². The number of aryl methyl sites for hydroxylation is 3. The fourth-order valence-electron chi connectivity index (χ4n) is 4.31. The average molecular weight is 380 g/mol. The number of hydrogen-bond donors (Lipinski definition) is 0. The predicted octanol–water partition coefficient (Wildman–Crippen LogP) is 2.80. The second kappa shape index (κ2) is 7.51. The van der Waals surface area contributed by atoms with Crippen LogP contribution in [0.1, 0.15) is 35.2 Å². The van der Waals surface area contributed by atoms with E-state index in [0.717, 1.165) is 37.4 Å². The molecule has 0 atom stereocenters. The van der Waals surface area contributed by atoms with Crippen LogP contribution < -0.4 is 4.90 Å². The molecular formula is C22H28N4O2. The van der Waals surface area contributed by atoms with E-state index >= 15 is 0 Å². The van der Waals surface area contributed by atoms with Gasteiger partial charge in [-0.05, 0) is 44.7 Å². The van der Waals surface area contributed by atoms with Crippen molar-refractivity contribution in [2.24, 2.45) is 0 Å². The van der Waals surface area contributed by atoms with Crippen molar-refractivity contribution in [3.63, 3.8) is 0 Å². The molecule has 4 rings (SSSR count). The maximum absolute atomic E-state index is 12.8. The summed E-state index contributed by atoms with van der Waals surface area (Å²) in [4.78, 5) is 26.1. The Morgan fingerprint density at radius 2 is 1.93 bits per heavy atom. The van der Waals surface area contributed by atoms with E-state index in [-0.39, 0.29) is 18.1 Å². The van der Waals surface area contributed by atoms with E-state index in [1.807, 2.05) is 13.1 Å². The first-order valence-corrected chi connectivity index (χ1v) is 9.95. The largest absolute Gasteiger partial charge is 0.369 e. The third-order valence-electron chi connectivity index (χ3n) is 6.06. The van der Waals surface area contributed by atoms with Gasteiger partial charge in [0.25, 0.3) is 0 Å². The smallest absolute Gasteiger partial charge is 0.249 e. The van der Waals surface area contributed by atoms with Crippen LogP contribution in [-0.2, 0) is 16.1 Å². The van der Waals surface area contributed by atoms with Gasteiger partial charge in [-0.2, -0.15) is 0 Å². The first-order valence-electron chi connectivity index (χ1n) is 9.95. The van der Waals surface area contributed by atoms with Crippen LogP contribution in [-0.4, -0.2) is 52.6 Å². The molecular weight excluding hydrogens is 352 g/mol. The number of hydrogen-bond acceptors (Lipinski definition) is 5. The number of carbonyl (C=O) groups excluding carboxylic acids is 1. The lowest BCUT2D eigenvalue weighted by atomic mass is 9.84. The van der Waals surface area contributed by atoms with Crippen molar-refractivity contribution in [2.45, 2.75) is 45.7 Å². The summed E-state index contributed by atoms with van der Waals surface area (Å²) in [6, 6.07) is 6.46. The topological polar surface area (TPSA) is 58.6 Å². The van der Waals surface area contributed by atoms with Crippen molar-refractivity contribution in [3.05, 3.63) is 53.0 Å². The minimum Gasteiger partial charge on any atom is -0.369 e. The Labute approximate surface area is 166 Å². The first kappa shape index (κ1) is 18.9. The molecule has 6 heteroatoms. The number of benzene rings is 1. The maximum atomic E-state index is 12.8. The average Bonchev–Trinajstić information content (AvgIpc) is 2.68. The standard InChI is InChI=1S/C22H28N4O2/c1-16-4-5-17(2)19(10-16)13-26-21(27)14-28-15-22(26)6-8-25(9-7-22)20-12-23-11-18(3)24-20/h4-5,10-12H,6-9,13-15H2,1-3H3. The van der Waals surface area contributed by atoms with Gasteiger partial charge >= 0.3 is 0 Å². The number of anilines is 1. The minimum absolute atomic E-state index is 0.0935. The molecule has 2 aromatic rings. The van der Waals surface area contributed by atoms with E-state index in [1.165, 1.54) is 16.7 Å². The fourth-order valence-corrected chi connectivity index (χ4v) is 4.31. The van der Waals surface area contributed by atoms with Gasteiger partial charge < -0.3 is 14.5 Å². The number of morpholine rings is 1. The zero-order chi connectivity index (χ0) is 19.7. The number of ether oxygens (including phenoxy) is 1. The van der Waals surface area contributed by atoms with Crippen LogP contribution >= 0.6 is 0 Å². The molecule has 3 heterocycles. The number of carbonyl (C=O) groups is 1. The van der Waals surface area contributed by atoms with Crippen LogP contribution in [0.5, 0.6) is 0 Å². The van der Waals surface area contributed by atoms with Crippen molar-refractivity contribution >= 4 is 11.7 Å². The number of aromatic nitrogens is 2. The monoisotopic (exact) mass is 380 g/mol. The molecule has 1 amide bonds. The Balaban J connectivity index is 1.55. The van der Waals surface area contributed by atoms with Crippen molar-refractivity contribution in [2.75, 3.05) is 31.2 Å². The van der Waals surface area contributed by atoms with Gasteiger partial charge in [0.1, 0.15) is 12.4 Å². The Kier molecular flexibility index (Phi) is 5.06. The summed E-state index contributed by atoms with van der Waals surface area (Å²) in [5.41, 5.74) is 4.36. The van der Waals surface area contributed by atoms with E-state index in [9.17, 15) is 4.79 Å². The molecule has 2 fully saturated rings. The normalized spacial score (nSPS) is 19.3. The molecule has 2 aliphatic heterocycles. The molecule has 0 unspecified atom stereocenters. The van der Waals surface area contributed by atoms with Crippen molar-refractivity contribution in [1.82, 2.24) is 14.9 Å². The number of amides is 1. The molecule has 1 spiro atoms. The molecule has 28 heavy (non-hydrogen) atoms. The lowest BCUT2D eigenvalue weighted by Gasteiger charge is -2.51. The van der Waals surface area contributed by atoms with Gasteiger partial charge in [0.15, 0.2) is 0 Å². The summed E-state index contributed by atoms with van der Waals surface area (Å²) in [5.74, 6) is 1.01. The zero-order valence-electron chi connectivity index (χ0n) is 16.9. The molecule has 0 radical (unpaired) electrons. The number of rotatable bonds is 3. The van der Waals surface area contributed by atoms with Crippen LogP contribution in [0.15, 0.2) is 30.6 Å². The molecule has 148 valence electrons. The van der Waals surface area contributed by atoms with Crippen LogP contribution in [0.4, 0.5) is 5.82 Å². The van der Waals surface area contributed by atoms with Crippen LogP contribution in [0.3, 0.4) is 0 Å². The second-order valence-corrected chi connectivity index (χ2v) is 8.13. The second-order valence-electron chi connectivity index (χ2n) is 8.13. The highest BCUT2D eigenvalue weighted by Crippen LogP contribution is 2.35. The van der Waals surface area contributed by atoms with Gasteiger partial charge in [-0.1, -0.05) is 23.8 Å². The Hall–Kier alpha value is -2.47. The molecule has 0 saturated carbocycles. The Morgan fingerprint density at radius 3 is 2.68 bits per heavy atom. The van der Waals surface area contributed by atoms with Gasteiger partial charge in [-0.15, -0.1) is 0 Å². The first-order chi connectivity index (χ1) is 13.5. The van der Waals surface area contributed by atoms with Crippen LogP contribution in [0, 0.1) is 20.8 Å². The lowest BCUT2D eigenvalue weighted by Crippen LogP contribution is -2.63. The summed E-state index contributed by atoms with van der Waals surface area (Å²) in [6.45, 7) is 9.31. The quantitative estimate of drug-likeness (QED) is 0.820. The molecule has 1 aromatic carbocycles. The van der Waals surface area contributed by atoms with E-state index in [4.69, 9.17) is 4.74 Å². The maximum Gasteiger partial charge on any atom is 0.249 e. The molecule has 0 bridgehead atoms. The highest BCUT2D eigenvalue weighted by molar-refractivity contribution is 5.79. The van der Waals surface area contributed by atoms with Gasteiger partial charge in [-0.25, -0.2) is 4.98 Å². The fraction of sp³-hybridized carbons (Fsp3) is 0.500. The van der Waals surface area contributed by atoms with Crippen LogP contribution in [0.2, 0.25) is 0 Å². The number of nitrogens with zero attached hydrogens (tertiary/aromatic N) is 4. The van der Waals surface area contributed by atoms with Gasteiger partial charge in [0.05, 0.1) is 24.0 Å². The van der Waals surface area contributed by atoms with E-state index in [1.54, 1.807) is 6.20 Å². The molecule has 0 N–H and O–H groups in total. The molecule has 1 aromatic heterocycles. The summed E-state index contributed by atoms with van der Waals surface area (Å²) in [7, 11) is 0. The Bertz CT molecular complexity index is 875. The SMILES string of the molecule is Cc1ccc(C)c(CN2C(=O)COCC23CCN(c2cncc(C)n2)CC3)c1. The van der Waals surface area contributed by atoms with Gasteiger partial charge in [0.2, 0.25) is 5.91 Å². The van der Waals surface area contributed by atoms with Gasteiger partial charge in [-0.3, -0.25) is 9.78 Å². The highest BCUT2D eigenvalue weighted by atomic mass is 16.5. The molecule has 2 saturated heterocycles. The highest BCUT2D eigenvalue weighted by Gasteiger charge is 2.45. The molecule has 6 nitrogen and oxygen atoms in total. The summed E-state index contributed by atoms with van der Waals surface area (Å²) >= 11 is 0. The lowest BCUT2D eigenvalue weighted by molar-refractivity contribution is -0.161. The zero-order valence-corrected chi connectivity index (χ0v) is 16.9. The van der Waals surface area contributed by atoms with E-state index in [2.05, 4.69) is 51.8 Å². The summed E-state index contributed by atoms with van der Waals surface area (Å²) in [5, 5.41) is 0. The molecule has 0 aliphatic carbocycles.